The van der Waals surface area contributed by atoms with Crippen molar-refractivity contribution in [2.45, 2.75) is 45.2 Å². The molecule has 1 aromatic carbocycles. The molecule has 2 N–H and O–H groups in total. The lowest BCUT2D eigenvalue weighted by Gasteiger charge is -2.43. The number of hydrogen-bond acceptors (Lipinski definition) is 3. The largest absolute Gasteiger partial charge is 0.329 e. The maximum Gasteiger partial charge on any atom is 0.0352 e. The van der Waals surface area contributed by atoms with Gasteiger partial charge in [0, 0.05) is 38.3 Å². The Labute approximate surface area is 130 Å². The minimum atomic E-state index is 0.218. The predicted molar refractivity (Wildman–Crippen MR) is 90.6 cm³/mol. The smallest absolute Gasteiger partial charge is 0.0352 e. The van der Waals surface area contributed by atoms with Crippen molar-refractivity contribution in [1.29, 1.82) is 0 Å². The van der Waals surface area contributed by atoms with E-state index in [4.69, 9.17) is 5.73 Å². The molecule has 0 aliphatic carbocycles. The van der Waals surface area contributed by atoms with Crippen molar-refractivity contribution >= 4 is 0 Å². The van der Waals surface area contributed by atoms with Crippen LogP contribution >= 0.6 is 0 Å². The normalized spacial score (nSPS) is 23.2. The molecule has 0 bridgehead atoms. The van der Waals surface area contributed by atoms with Crippen molar-refractivity contribution < 1.29 is 0 Å². The molecular weight excluding hydrogens is 258 g/mol. The highest BCUT2D eigenvalue weighted by atomic mass is 15.3. The molecule has 0 spiro atoms. The van der Waals surface area contributed by atoms with Gasteiger partial charge in [0.05, 0.1) is 0 Å². The van der Waals surface area contributed by atoms with Gasteiger partial charge < -0.3 is 10.6 Å². The third-order valence-corrected chi connectivity index (χ3v) is 4.76. The maximum atomic E-state index is 5.98. The Bertz CT molecular complexity index is 447. The fourth-order valence-corrected chi connectivity index (χ4v) is 3.20. The summed E-state index contributed by atoms with van der Waals surface area (Å²) in [7, 11) is 2.18. The van der Waals surface area contributed by atoms with Crippen molar-refractivity contribution in [1.82, 2.24) is 9.80 Å². The summed E-state index contributed by atoms with van der Waals surface area (Å²) in [4.78, 5) is 4.94. The summed E-state index contributed by atoms with van der Waals surface area (Å²) < 4.78 is 0. The van der Waals surface area contributed by atoms with E-state index in [1.807, 2.05) is 0 Å². The molecule has 0 radical (unpaired) electrons. The zero-order chi connectivity index (χ0) is 15.6. The quantitative estimate of drug-likeness (QED) is 0.928. The third-order valence-electron chi connectivity index (χ3n) is 4.76. The lowest BCUT2D eigenvalue weighted by atomic mass is 9.86. The topological polar surface area (TPSA) is 32.5 Å². The van der Waals surface area contributed by atoms with Crippen molar-refractivity contribution in [3.05, 3.63) is 35.4 Å². The van der Waals surface area contributed by atoms with E-state index in [0.29, 0.717) is 12.1 Å². The van der Waals surface area contributed by atoms with Gasteiger partial charge in [-0.15, -0.1) is 0 Å². The average Bonchev–Trinajstić information content (AvgIpc) is 2.45. The van der Waals surface area contributed by atoms with E-state index < -0.39 is 0 Å². The highest BCUT2D eigenvalue weighted by Gasteiger charge is 2.28. The molecule has 0 aromatic heterocycles. The molecule has 1 heterocycles. The van der Waals surface area contributed by atoms with Gasteiger partial charge in [-0.3, -0.25) is 4.90 Å². The average molecular weight is 289 g/mol. The molecule has 2 atom stereocenters. The van der Waals surface area contributed by atoms with E-state index in [9.17, 15) is 0 Å². The minimum absolute atomic E-state index is 0.218. The Kier molecular flexibility index (Phi) is 5.07. The zero-order valence-corrected chi connectivity index (χ0v) is 14.3. The third kappa shape index (κ3) is 3.85. The van der Waals surface area contributed by atoms with E-state index in [1.54, 1.807) is 0 Å². The first-order valence-corrected chi connectivity index (χ1v) is 8.07. The van der Waals surface area contributed by atoms with Crippen molar-refractivity contribution in [2.75, 3.05) is 33.2 Å². The molecule has 2 unspecified atom stereocenters. The van der Waals surface area contributed by atoms with Crippen LogP contribution in [0.1, 0.15) is 44.9 Å². The van der Waals surface area contributed by atoms with Gasteiger partial charge in [0.1, 0.15) is 0 Å². The van der Waals surface area contributed by atoms with Crippen LogP contribution in [0.5, 0.6) is 0 Å². The predicted octanol–water partition coefficient (Wildman–Crippen LogP) is 2.62. The first-order chi connectivity index (χ1) is 9.82. The summed E-state index contributed by atoms with van der Waals surface area (Å²) in [6, 6.07) is 10.0. The molecule has 2 rings (SSSR count). The van der Waals surface area contributed by atoms with Gasteiger partial charge in [-0.2, -0.15) is 0 Å². The van der Waals surface area contributed by atoms with Crippen molar-refractivity contribution in [3.63, 3.8) is 0 Å². The monoisotopic (exact) mass is 289 g/mol. The van der Waals surface area contributed by atoms with Crippen molar-refractivity contribution in [2.24, 2.45) is 5.73 Å². The summed E-state index contributed by atoms with van der Waals surface area (Å²) in [6.45, 7) is 13.1. The molecule has 118 valence electrons. The Balaban J connectivity index is 2.13. The van der Waals surface area contributed by atoms with Gasteiger partial charge in [0.25, 0.3) is 0 Å². The second-order valence-electron chi connectivity index (χ2n) is 7.44. The Morgan fingerprint density at radius 2 is 1.81 bits per heavy atom. The lowest BCUT2D eigenvalue weighted by Crippen LogP contribution is -2.55. The number of rotatable bonds is 3. The molecule has 1 aromatic rings. The fourth-order valence-electron chi connectivity index (χ4n) is 3.20. The van der Waals surface area contributed by atoms with Crippen LogP contribution in [0.4, 0.5) is 0 Å². The van der Waals surface area contributed by atoms with Gasteiger partial charge in [0.15, 0.2) is 0 Å². The molecule has 3 nitrogen and oxygen atoms in total. The molecule has 3 heteroatoms. The van der Waals surface area contributed by atoms with Gasteiger partial charge >= 0.3 is 0 Å². The number of benzene rings is 1. The van der Waals surface area contributed by atoms with Gasteiger partial charge in [-0.1, -0.05) is 45.0 Å². The SMILES string of the molecule is CC(c1ccc(C(C)(C)C)cc1)N1CCN(C)CC1CN. The van der Waals surface area contributed by atoms with Crippen LogP contribution < -0.4 is 5.73 Å². The zero-order valence-electron chi connectivity index (χ0n) is 14.3. The van der Waals surface area contributed by atoms with Gasteiger partial charge in [-0.05, 0) is 30.5 Å². The molecule has 21 heavy (non-hydrogen) atoms. The number of nitrogens with zero attached hydrogens (tertiary/aromatic N) is 2. The van der Waals surface area contributed by atoms with E-state index in [1.165, 1.54) is 11.1 Å². The van der Waals surface area contributed by atoms with Gasteiger partial charge in [0.2, 0.25) is 0 Å². The first-order valence-electron chi connectivity index (χ1n) is 8.07. The highest BCUT2D eigenvalue weighted by molar-refractivity contribution is 5.29. The van der Waals surface area contributed by atoms with Crippen LogP contribution in [0.25, 0.3) is 0 Å². The Morgan fingerprint density at radius 1 is 1.19 bits per heavy atom. The fraction of sp³-hybridized carbons (Fsp3) is 0.667. The summed E-state index contributed by atoms with van der Waals surface area (Å²) in [5, 5.41) is 0. The van der Waals surface area contributed by atoms with Gasteiger partial charge in [-0.25, -0.2) is 0 Å². The van der Waals surface area contributed by atoms with E-state index in [2.05, 4.69) is 68.8 Å². The first kappa shape index (κ1) is 16.5. The molecule has 1 fully saturated rings. The molecule has 1 aliphatic heterocycles. The summed E-state index contributed by atoms with van der Waals surface area (Å²) in [6.07, 6.45) is 0. The molecule has 0 amide bonds. The minimum Gasteiger partial charge on any atom is -0.329 e. The van der Waals surface area contributed by atoms with Crippen molar-refractivity contribution in [3.8, 4) is 0 Å². The summed E-state index contributed by atoms with van der Waals surface area (Å²) in [5.74, 6) is 0. The second kappa shape index (κ2) is 6.47. The van der Waals surface area contributed by atoms with Crippen LogP contribution in [0, 0.1) is 0 Å². The van der Waals surface area contributed by atoms with E-state index >= 15 is 0 Å². The molecule has 1 aliphatic rings. The second-order valence-corrected chi connectivity index (χ2v) is 7.44. The van der Waals surface area contributed by atoms with Crippen LogP contribution in [-0.2, 0) is 5.41 Å². The molecule has 1 saturated heterocycles. The molecule has 0 saturated carbocycles. The van der Waals surface area contributed by atoms with Crippen LogP contribution in [0.15, 0.2) is 24.3 Å². The summed E-state index contributed by atoms with van der Waals surface area (Å²) >= 11 is 0. The summed E-state index contributed by atoms with van der Waals surface area (Å²) in [5.41, 5.74) is 8.99. The van der Waals surface area contributed by atoms with Crippen LogP contribution in [-0.4, -0.2) is 49.1 Å². The number of nitrogens with two attached hydrogens (primary N) is 1. The number of likely N-dealkylation sites (N-methyl/N-ethyl adjacent to an activating group) is 1. The Hall–Kier alpha value is -0.900. The Morgan fingerprint density at radius 3 is 2.33 bits per heavy atom. The number of hydrogen-bond donors (Lipinski definition) is 1. The highest BCUT2D eigenvalue weighted by Crippen LogP contribution is 2.28. The standard InChI is InChI=1S/C18H31N3/c1-14(21-11-10-20(5)13-17(21)12-19)15-6-8-16(9-7-15)18(2,3)4/h6-9,14,17H,10-13,19H2,1-5H3. The maximum absolute atomic E-state index is 5.98. The lowest BCUT2D eigenvalue weighted by molar-refractivity contribution is 0.0621. The van der Waals surface area contributed by atoms with Crippen LogP contribution in [0.2, 0.25) is 0 Å². The van der Waals surface area contributed by atoms with E-state index in [0.717, 1.165) is 26.2 Å². The van der Waals surface area contributed by atoms with Crippen LogP contribution in [0.3, 0.4) is 0 Å². The molecular formula is C18H31N3. The number of piperazine rings is 1. The van der Waals surface area contributed by atoms with E-state index in [-0.39, 0.29) is 5.41 Å².